The van der Waals surface area contributed by atoms with Gasteiger partial charge in [0.25, 0.3) is 0 Å². The van der Waals surface area contributed by atoms with Crippen molar-refractivity contribution in [3.8, 4) is 0 Å². The second kappa shape index (κ2) is 4.66. The van der Waals surface area contributed by atoms with Gasteiger partial charge in [-0.3, -0.25) is 4.79 Å². The highest BCUT2D eigenvalue weighted by molar-refractivity contribution is 7.90. The van der Waals surface area contributed by atoms with Gasteiger partial charge in [-0.25, -0.2) is 12.7 Å². The first-order valence-electron chi connectivity index (χ1n) is 5.27. The molecule has 1 aliphatic rings. The van der Waals surface area contributed by atoms with Crippen LogP contribution in [0.1, 0.15) is 12.0 Å². The maximum atomic E-state index is 11.5. The highest BCUT2D eigenvalue weighted by Crippen LogP contribution is 2.16. The van der Waals surface area contributed by atoms with E-state index in [4.69, 9.17) is 11.6 Å². The van der Waals surface area contributed by atoms with Crippen LogP contribution in [0.3, 0.4) is 0 Å². The summed E-state index contributed by atoms with van der Waals surface area (Å²) in [4.78, 5) is 11.4. The van der Waals surface area contributed by atoms with E-state index >= 15 is 0 Å². The Balaban J connectivity index is 2.03. The maximum absolute atomic E-state index is 11.5. The molecule has 2 rings (SSSR count). The highest BCUT2D eigenvalue weighted by atomic mass is 35.5. The van der Waals surface area contributed by atoms with Gasteiger partial charge in [0.05, 0.1) is 5.75 Å². The van der Waals surface area contributed by atoms with E-state index < -0.39 is 10.0 Å². The molecule has 0 aromatic heterocycles. The zero-order valence-corrected chi connectivity index (χ0v) is 10.7. The normalized spacial score (nSPS) is 18.6. The molecule has 17 heavy (non-hydrogen) atoms. The molecule has 1 saturated heterocycles. The van der Waals surface area contributed by atoms with Gasteiger partial charge in [-0.15, -0.1) is 0 Å². The third kappa shape index (κ3) is 2.79. The first kappa shape index (κ1) is 12.4. The number of hydrogen-bond donors (Lipinski definition) is 0. The Hall–Kier alpha value is -1.07. The van der Waals surface area contributed by atoms with Crippen molar-refractivity contribution >= 4 is 27.5 Å². The van der Waals surface area contributed by atoms with E-state index in [0.717, 1.165) is 9.87 Å². The molecule has 0 aliphatic carbocycles. The minimum atomic E-state index is -3.36. The standard InChI is InChI=1S/C11H12ClNO3S/c12-10-3-1-9(2-4-10)5-7-13-11(14)6-8-17(13,15)16/h1-4H,5-8H2. The number of nitrogens with zero attached hydrogens (tertiary/aromatic N) is 1. The van der Waals surface area contributed by atoms with Crippen molar-refractivity contribution in [1.82, 2.24) is 4.31 Å². The molecular formula is C11H12ClNO3S. The summed E-state index contributed by atoms with van der Waals surface area (Å²) in [6.45, 7) is 0.211. The van der Waals surface area contributed by atoms with Crippen LogP contribution >= 0.6 is 11.6 Å². The van der Waals surface area contributed by atoms with Gasteiger partial charge in [0.1, 0.15) is 0 Å². The largest absolute Gasteiger partial charge is 0.274 e. The molecule has 1 fully saturated rings. The van der Waals surface area contributed by atoms with Crippen LogP contribution in [0.15, 0.2) is 24.3 Å². The summed E-state index contributed by atoms with van der Waals surface area (Å²) in [5.74, 6) is -0.370. The van der Waals surface area contributed by atoms with Crippen LogP contribution in [0.4, 0.5) is 0 Å². The molecule has 1 heterocycles. The lowest BCUT2D eigenvalue weighted by Crippen LogP contribution is -2.31. The number of carbonyl (C=O) groups excluding carboxylic acids is 1. The number of benzene rings is 1. The highest BCUT2D eigenvalue weighted by Gasteiger charge is 2.34. The SMILES string of the molecule is O=C1CCS(=O)(=O)N1CCc1ccc(Cl)cc1. The number of halogens is 1. The Kier molecular flexibility index (Phi) is 3.40. The Labute approximate surface area is 105 Å². The summed E-state index contributed by atoms with van der Waals surface area (Å²) in [5.41, 5.74) is 0.962. The van der Waals surface area contributed by atoms with Crippen LogP contribution in [0.2, 0.25) is 5.02 Å². The van der Waals surface area contributed by atoms with Gasteiger partial charge in [-0.05, 0) is 24.1 Å². The second-order valence-electron chi connectivity index (χ2n) is 3.91. The number of carbonyl (C=O) groups is 1. The van der Waals surface area contributed by atoms with E-state index in [1.165, 1.54) is 0 Å². The van der Waals surface area contributed by atoms with Crippen molar-refractivity contribution in [2.24, 2.45) is 0 Å². The van der Waals surface area contributed by atoms with Gasteiger partial charge >= 0.3 is 0 Å². The molecule has 0 radical (unpaired) electrons. The summed E-state index contributed by atoms with van der Waals surface area (Å²) in [6.07, 6.45) is 0.616. The molecule has 0 bridgehead atoms. The predicted molar refractivity (Wildman–Crippen MR) is 65.3 cm³/mol. The van der Waals surface area contributed by atoms with E-state index in [1.807, 2.05) is 12.1 Å². The van der Waals surface area contributed by atoms with E-state index in [9.17, 15) is 13.2 Å². The number of sulfonamides is 1. The van der Waals surface area contributed by atoms with Crippen molar-refractivity contribution in [2.75, 3.05) is 12.3 Å². The predicted octanol–water partition coefficient (Wildman–Crippen LogP) is 1.44. The lowest BCUT2D eigenvalue weighted by atomic mass is 10.1. The molecule has 0 saturated carbocycles. The Bertz CT molecular complexity index is 524. The summed E-state index contributed by atoms with van der Waals surface area (Å²) >= 11 is 5.75. The van der Waals surface area contributed by atoms with Crippen molar-refractivity contribution < 1.29 is 13.2 Å². The maximum Gasteiger partial charge on any atom is 0.237 e. The third-order valence-corrected chi connectivity index (χ3v) is 4.73. The van der Waals surface area contributed by atoms with E-state index in [0.29, 0.717) is 11.4 Å². The Morgan fingerprint density at radius 1 is 1.24 bits per heavy atom. The first-order chi connectivity index (χ1) is 7.99. The van der Waals surface area contributed by atoms with Gasteiger partial charge in [0.15, 0.2) is 0 Å². The lowest BCUT2D eigenvalue weighted by molar-refractivity contribution is -0.125. The van der Waals surface area contributed by atoms with Crippen molar-refractivity contribution in [3.63, 3.8) is 0 Å². The summed E-state index contributed by atoms with van der Waals surface area (Å²) in [7, 11) is -3.36. The molecule has 0 unspecified atom stereocenters. The number of amides is 1. The molecule has 1 aliphatic heterocycles. The monoisotopic (exact) mass is 273 g/mol. The van der Waals surface area contributed by atoms with Crippen LogP contribution in [-0.2, 0) is 21.2 Å². The Morgan fingerprint density at radius 2 is 1.88 bits per heavy atom. The summed E-state index contributed by atoms with van der Waals surface area (Å²) in [5, 5.41) is 0.638. The van der Waals surface area contributed by atoms with Crippen LogP contribution in [0, 0.1) is 0 Å². The molecule has 0 atom stereocenters. The van der Waals surface area contributed by atoms with E-state index in [-0.39, 0.29) is 24.6 Å². The minimum absolute atomic E-state index is 0.0630. The molecule has 1 amide bonds. The van der Waals surface area contributed by atoms with Crippen LogP contribution in [0.5, 0.6) is 0 Å². The molecule has 1 aromatic rings. The molecule has 4 nitrogen and oxygen atoms in total. The van der Waals surface area contributed by atoms with Gasteiger partial charge in [0, 0.05) is 18.0 Å². The topological polar surface area (TPSA) is 54.5 Å². The molecule has 92 valence electrons. The first-order valence-corrected chi connectivity index (χ1v) is 7.25. The van der Waals surface area contributed by atoms with Crippen LogP contribution in [-0.4, -0.2) is 30.9 Å². The van der Waals surface area contributed by atoms with Crippen molar-refractivity contribution in [3.05, 3.63) is 34.9 Å². The smallest absolute Gasteiger partial charge is 0.237 e. The quantitative estimate of drug-likeness (QED) is 0.837. The fourth-order valence-electron chi connectivity index (χ4n) is 1.75. The molecular weight excluding hydrogens is 262 g/mol. The average molecular weight is 274 g/mol. The van der Waals surface area contributed by atoms with Crippen molar-refractivity contribution in [1.29, 1.82) is 0 Å². The molecule has 1 aromatic carbocycles. The summed E-state index contributed by atoms with van der Waals surface area (Å²) in [6, 6.07) is 7.15. The average Bonchev–Trinajstić information content (AvgIpc) is 2.53. The van der Waals surface area contributed by atoms with Crippen molar-refractivity contribution in [2.45, 2.75) is 12.8 Å². The van der Waals surface area contributed by atoms with Crippen LogP contribution in [0.25, 0.3) is 0 Å². The number of rotatable bonds is 3. The van der Waals surface area contributed by atoms with Gasteiger partial charge in [-0.1, -0.05) is 23.7 Å². The molecule has 0 N–H and O–H groups in total. The van der Waals surface area contributed by atoms with Gasteiger partial charge in [-0.2, -0.15) is 0 Å². The van der Waals surface area contributed by atoms with Gasteiger partial charge in [0.2, 0.25) is 15.9 Å². The zero-order chi connectivity index (χ0) is 12.5. The fourth-order valence-corrected chi connectivity index (χ4v) is 3.30. The minimum Gasteiger partial charge on any atom is -0.274 e. The van der Waals surface area contributed by atoms with E-state index in [2.05, 4.69) is 0 Å². The second-order valence-corrected chi connectivity index (χ2v) is 6.36. The van der Waals surface area contributed by atoms with E-state index in [1.54, 1.807) is 12.1 Å². The Morgan fingerprint density at radius 3 is 2.41 bits per heavy atom. The van der Waals surface area contributed by atoms with Gasteiger partial charge < -0.3 is 0 Å². The van der Waals surface area contributed by atoms with Crippen LogP contribution < -0.4 is 0 Å². The zero-order valence-electron chi connectivity index (χ0n) is 9.10. The number of hydrogen-bond acceptors (Lipinski definition) is 3. The molecule has 0 spiro atoms. The third-order valence-electron chi connectivity index (χ3n) is 2.70. The fraction of sp³-hybridized carbons (Fsp3) is 0.364. The molecule has 6 heteroatoms. The summed E-state index contributed by atoms with van der Waals surface area (Å²) < 4.78 is 24.0. The lowest BCUT2D eigenvalue weighted by Gasteiger charge is -2.14.